The molecule has 0 bridgehead atoms. The van der Waals surface area contributed by atoms with E-state index in [4.69, 9.17) is 9.47 Å². The monoisotopic (exact) mass is 351 g/mol. The minimum Gasteiger partial charge on any atom is -0.493 e. The first-order valence-corrected chi connectivity index (χ1v) is 8.27. The highest BCUT2D eigenvalue weighted by Gasteiger charge is 2.08. The number of hydrogen-bond donors (Lipinski definition) is 1. The van der Waals surface area contributed by atoms with Gasteiger partial charge in [0.1, 0.15) is 6.61 Å². The van der Waals surface area contributed by atoms with Crippen LogP contribution in [0.25, 0.3) is 0 Å². The number of nitrogens with one attached hydrogen (secondary N) is 1. The molecule has 1 amide bonds. The number of carbonyl (C=O) groups excluding carboxylic acids is 1. The molecule has 6 nitrogen and oxygen atoms in total. The number of aryl methyl sites for hydroxylation is 1. The summed E-state index contributed by atoms with van der Waals surface area (Å²) in [5.41, 5.74) is 2.31. The van der Waals surface area contributed by atoms with Gasteiger partial charge in [0.25, 0.3) is 5.91 Å². The second-order valence-electron chi connectivity index (χ2n) is 5.80. The highest BCUT2D eigenvalue weighted by atomic mass is 16.5. The van der Waals surface area contributed by atoms with E-state index < -0.39 is 0 Å². The topological polar surface area (TPSA) is 65.4 Å². The van der Waals surface area contributed by atoms with Gasteiger partial charge in [-0.25, -0.2) is 0 Å². The summed E-state index contributed by atoms with van der Waals surface area (Å²) in [6.45, 7) is 0.739. The van der Waals surface area contributed by atoms with Crippen molar-refractivity contribution in [2.75, 3.05) is 7.11 Å². The number of para-hydroxylation sites is 2. The quantitative estimate of drug-likeness (QED) is 0.711. The molecule has 3 aromatic rings. The maximum absolute atomic E-state index is 12.3. The predicted molar refractivity (Wildman–Crippen MR) is 98.1 cm³/mol. The summed E-state index contributed by atoms with van der Waals surface area (Å²) in [6, 6.07) is 16.7. The molecule has 1 heterocycles. The van der Waals surface area contributed by atoms with Gasteiger partial charge in [0, 0.05) is 18.8 Å². The third-order valence-corrected chi connectivity index (χ3v) is 3.85. The summed E-state index contributed by atoms with van der Waals surface area (Å²) in [5.74, 6) is 1.20. The minimum absolute atomic E-state index is 0.144. The molecule has 26 heavy (non-hydrogen) atoms. The molecule has 0 aliphatic carbocycles. The molecule has 1 aromatic heterocycles. The summed E-state index contributed by atoms with van der Waals surface area (Å²) in [5, 5.41) is 7.12. The third-order valence-electron chi connectivity index (χ3n) is 3.85. The molecule has 0 aliphatic rings. The van der Waals surface area contributed by atoms with E-state index in [9.17, 15) is 4.79 Å². The van der Waals surface area contributed by atoms with Gasteiger partial charge in [-0.3, -0.25) is 9.48 Å². The second kappa shape index (κ2) is 8.20. The molecule has 0 radical (unpaired) electrons. The lowest BCUT2D eigenvalue weighted by atomic mass is 10.1. The van der Waals surface area contributed by atoms with Crippen LogP contribution in [-0.4, -0.2) is 22.8 Å². The normalized spacial score (nSPS) is 10.4. The number of amides is 1. The van der Waals surface area contributed by atoms with Crippen LogP contribution in [0, 0.1) is 0 Å². The van der Waals surface area contributed by atoms with E-state index in [2.05, 4.69) is 10.4 Å². The highest BCUT2D eigenvalue weighted by Crippen LogP contribution is 2.26. The van der Waals surface area contributed by atoms with Gasteiger partial charge < -0.3 is 14.8 Å². The Hall–Kier alpha value is -3.28. The average Bonchev–Trinajstić information content (AvgIpc) is 3.10. The summed E-state index contributed by atoms with van der Waals surface area (Å²) in [7, 11) is 3.45. The zero-order valence-electron chi connectivity index (χ0n) is 14.8. The number of nitrogens with zero attached hydrogens (tertiary/aromatic N) is 2. The molecule has 2 aromatic carbocycles. The molecule has 3 rings (SSSR count). The van der Waals surface area contributed by atoms with Gasteiger partial charge in [0.05, 0.1) is 19.3 Å². The molecule has 1 N–H and O–H groups in total. The Kier molecular flexibility index (Phi) is 5.53. The van der Waals surface area contributed by atoms with Crippen molar-refractivity contribution >= 4 is 5.91 Å². The van der Waals surface area contributed by atoms with Crippen molar-refractivity contribution in [1.29, 1.82) is 0 Å². The van der Waals surface area contributed by atoms with E-state index in [1.807, 2.05) is 61.8 Å². The smallest absolute Gasteiger partial charge is 0.251 e. The lowest BCUT2D eigenvalue weighted by Crippen LogP contribution is -2.23. The van der Waals surface area contributed by atoms with Crippen molar-refractivity contribution in [3.05, 3.63) is 77.6 Å². The minimum atomic E-state index is -0.144. The Morgan fingerprint density at radius 3 is 2.65 bits per heavy atom. The van der Waals surface area contributed by atoms with Crippen LogP contribution in [-0.2, 0) is 20.2 Å². The Labute approximate surface area is 152 Å². The Bertz CT molecular complexity index is 889. The van der Waals surface area contributed by atoms with Crippen molar-refractivity contribution in [3.8, 4) is 11.5 Å². The van der Waals surface area contributed by atoms with Crippen LogP contribution >= 0.6 is 0 Å². The van der Waals surface area contributed by atoms with E-state index >= 15 is 0 Å². The van der Waals surface area contributed by atoms with Gasteiger partial charge in [-0.1, -0.05) is 24.3 Å². The average molecular weight is 351 g/mol. The Morgan fingerprint density at radius 1 is 1.12 bits per heavy atom. The van der Waals surface area contributed by atoms with Crippen LogP contribution in [0.5, 0.6) is 11.5 Å². The first-order valence-electron chi connectivity index (χ1n) is 8.27. The number of rotatable bonds is 7. The number of ether oxygens (including phenoxy) is 2. The lowest BCUT2D eigenvalue weighted by Gasteiger charge is -2.11. The number of carbonyl (C=O) groups is 1. The van der Waals surface area contributed by atoms with Gasteiger partial charge in [-0.05, 0) is 35.9 Å². The first-order chi connectivity index (χ1) is 12.7. The standard InChI is InChI=1S/C20H21N3O3/c1-23-11-10-17(22-23)13-21-20(24)16-7-5-6-15(12-16)14-26-19-9-4-3-8-18(19)25-2/h3-12H,13-14H2,1-2H3,(H,21,24). The molecule has 0 saturated heterocycles. The van der Waals surface area contributed by atoms with Crippen molar-refractivity contribution in [1.82, 2.24) is 15.1 Å². The van der Waals surface area contributed by atoms with Gasteiger partial charge in [-0.2, -0.15) is 5.10 Å². The summed E-state index contributed by atoms with van der Waals surface area (Å²) in [4.78, 5) is 12.3. The first kappa shape index (κ1) is 17.5. The van der Waals surface area contributed by atoms with E-state index in [1.54, 1.807) is 17.9 Å². The van der Waals surface area contributed by atoms with Crippen LogP contribution in [0.1, 0.15) is 21.6 Å². The molecule has 6 heteroatoms. The molecule has 134 valence electrons. The zero-order chi connectivity index (χ0) is 18.4. The number of hydrogen-bond acceptors (Lipinski definition) is 4. The maximum atomic E-state index is 12.3. The van der Waals surface area contributed by atoms with Crippen molar-refractivity contribution in [2.24, 2.45) is 7.05 Å². The Morgan fingerprint density at radius 2 is 1.92 bits per heavy atom. The van der Waals surface area contributed by atoms with Gasteiger partial charge in [-0.15, -0.1) is 0 Å². The van der Waals surface area contributed by atoms with Gasteiger partial charge in [0.15, 0.2) is 11.5 Å². The molecule has 0 atom stereocenters. The van der Waals surface area contributed by atoms with E-state index in [1.165, 1.54) is 0 Å². The second-order valence-corrected chi connectivity index (χ2v) is 5.80. The Balaban J connectivity index is 1.61. The van der Waals surface area contributed by atoms with Crippen LogP contribution < -0.4 is 14.8 Å². The van der Waals surface area contributed by atoms with Gasteiger partial charge in [0.2, 0.25) is 0 Å². The maximum Gasteiger partial charge on any atom is 0.251 e. The molecule has 0 fully saturated rings. The molecular formula is C20H21N3O3. The van der Waals surface area contributed by atoms with Crippen LogP contribution in [0.4, 0.5) is 0 Å². The molecule has 0 spiro atoms. The van der Waals surface area contributed by atoms with E-state index in [-0.39, 0.29) is 5.91 Å². The summed E-state index contributed by atoms with van der Waals surface area (Å²) < 4.78 is 12.8. The molecular weight excluding hydrogens is 330 g/mol. The molecule has 0 aliphatic heterocycles. The SMILES string of the molecule is COc1ccccc1OCc1cccc(C(=O)NCc2ccn(C)n2)c1. The molecule has 0 unspecified atom stereocenters. The lowest BCUT2D eigenvalue weighted by molar-refractivity contribution is 0.0950. The fraction of sp³-hybridized carbons (Fsp3) is 0.200. The summed E-state index contributed by atoms with van der Waals surface area (Å²) >= 11 is 0. The van der Waals surface area contributed by atoms with Crippen LogP contribution in [0.15, 0.2) is 60.8 Å². The fourth-order valence-electron chi connectivity index (χ4n) is 2.53. The number of aromatic nitrogens is 2. The van der Waals surface area contributed by atoms with Crippen LogP contribution in [0.3, 0.4) is 0 Å². The van der Waals surface area contributed by atoms with Gasteiger partial charge >= 0.3 is 0 Å². The number of methoxy groups -OCH3 is 1. The summed E-state index contributed by atoms with van der Waals surface area (Å²) in [6.07, 6.45) is 1.84. The fourth-order valence-corrected chi connectivity index (χ4v) is 2.53. The van der Waals surface area contributed by atoms with Crippen molar-refractivity contribution in [3.63, 3.8) is 0 Å². The third kappa shape index (κ3) is 4.42. The van der Waals surface area contributed by atoms with E-state index in [0.717, 1.165) is 11.3 Å². The van der Waals surface area contributed by atoms with E-state index in [0.29, 0.717) is 30.2 Å². The largest absolute Gasteiger partial charge is 0.493 e. The number of benzene rings is 2. The van der Waals surface area contributed by atoms with Crippen molar-refractivity contribution in [2.45, 2.75) is 13.2 Å². The predicted octanol–water partition coefficient (Wildman–Crippen LogP) is 2.94. The molecule has 0 saturated carbocycles. The highest BCUT2D eigenvalue weighted by molar-refractivity contribution is 5.94. The van der Waals surface area contributed by atoms with Crippen LogP contribution in [0.2, 0.25) is 0 Å². The van der Waals surface area contributed by atoms with Crippen molar-refractivity contribution < 1.29 is 14.3 Å². The zero-order valence-corrected chi connectivity index (χ0v) is 14.8.